The van der Waals surface area contributed by atoms with Crippen LogP contribution in [0.15, 0.2) is 36.5 Å². The topological polar surface area (TPSA) is 55.3 Å². The maximum absolute atomic E-state index is 13.8. The molecule has 1 atom stereocenters. The lowest BCUT2D eigenvalue weighted by Crippen LogP contribution is -2.44. The molecule has 3 rings (SSSR count). The number of halogens is 4. The molecule has 0 radical (unpaired) electrons. The van der Waals surface area contributed by atoms with Gasteiger partial charge in [0, 0.05) is 12.7 Å². The Labute approximate surface area is 146 Å². The number of alkyl halides is 3. The molecule has 1 saturated heterocycles. The number of likely N-dealkylation sites (tertiary alicyclic amines) is 1. The van der Waals surface area contributed by atoms with E-state index in [1.165, 1.54) is 23.1 Å². The first-order chi connectivity index (χ1) is 12.3. The Morgan fingerprint density at radius 3 is 2.73 bits per heavy atom. The zero-order chi connectivity index (χ0) is 18.7. The van der Waals surface area contributed by atoms with Crippen LogP contribution in [-0.2, 0) is 6.18 Å². The summed E-state index contributed by atoms with van der Waals surface area (Å²) in [7, 11) is 0. The molecule has 1 amide bonds. The maximum atomic E-state index is 13.8. The second-order valence-electron chi connectivity index (χ2n) is 5.84. The molecule has 1 aliphatic heterocycles. The molecule has 1 aliphatic rings. The van der Waals surface area contributed by atoms with Gasteiger partial charge < -0.3 is 9.64 Å². The first kappa shape index (κ1) is 18.1. The van der Waals surface area contributed by atoms with Crippen molar-refractivity contribution in [1.82, 2.24) is 14.9 Å². The summed E-state index contributed by atoms with van der Waals surface area (Å²) >= 11 is 0. The molecule has 0 N–H and O–H groups in total. The highest BCUT2D eigenvalue weighted by Gasteiger charge is 2.33. The summed E-state index contributed by atoms with van der Waals surface area (Å²) in [6.07, 6.45) is -3.09. The monoisotopic (exact) mass is 369 g/mol. The average Bonchev–Trinajstić information content (AvgIpc) is 2.61. The molecule has 2 heterocycles. The summed E-state index contributed by atoms with van der Waals surface area (Å²) in [5.74, 6) is -1.11. The number of aromatic nitrogens is 2. The van der Waals surface area contributed by atoms with Crippen LogP contribution >= 0.6 is 0 Å². The third-order valence-electron chi connectivity index (χ3n) is 3.97. The van der Waals surface area contributed by atoms with Crippen LogP contribution in [-0.4, -0.2) is 40.0 Å². The molecule has 0 aliphatic carbocycles. The lowest BCUT2D eigenvalue weighted by molar-refractivity contribution is -0.141. The Morgan fingerprint density at radius 1 is 1.23 bits per heavy atom. The van der Waals surface area contributed by atoms with E-state index < -0.39 is 35.7 Å². The third-order valence-corrected chi connectivity index (χ3v) is 3.97. The number of benzene rings is 1. The summed E-state index contributed by atoms with van der Waals surface area (Å²) < 4.78 is 57.3. The van der Waals surface area contributed by atoms with Crippen molar-refractivity contribution < 1.29 is 27.1 Å². The number of hydrogen-bond acceptors (Lipinski definition) is 4. The lowest BCUT2D eigenvalue weighted by atomic mass is 10.1. The Bertz CT molecular complexity index is 798. The minimum atomic E-state index is -4.60. The van der Waals surface area contributed by atoms with Gasteiger partial charge >= 0.3 is 12.2 Å². The van der Waals surface area contributed by atoms with Crippen LogP contribution in [0.1, 0.15) is 28.9 Å². The van der Waals surface area contributed by atoms with Gasteiger partial charge in [-0.2, -0.15) is 18.2 Å². The first-order valence-corrected chi connectivity index (χ1v) is 7.95. The van der Waals surface area contributed by atoms with E-state index in [2.05, 4.69) is 9.97 Å². The summed E-state index contributed by atoms with van der Waals surface area (Å²) in [6.45, 7) is 0.531. The standard InChI is InChI=1S/C17H15F4N3O2/c18-13-6-2-1-5-12(13)15(25)24-9-3-4-11(10-24)26-16-22-8-7-14(23-16)17(19,20)21/h1-2,5-8,11H,3-4,9-10H2. The Morgan fingerprint density at radius 2 is 2.00 bits per heavy atom. The van der Waals surface area contributed by atoms with Crippen LogP contribution in [0.25, 0.3) is 0 Å². The molecular formula is C17H15F4N3O2. The van der Waals surface area contributed by atoms with Gasteiger partial charge in [-0.25, -0.2) is 9.37 Å². The molecule has 1 aromatic carbocycles. The van der Waals surface area contributed by atoms with Crippen LogP contribution in [0.2, 0.25) is 0 Å². The van der Waals surface area contributed by atoms with Gasteiger partial charge in [0.15, 0.2) is 5.69 Å². The molecule has 2 aromatic rings. The normalized spacial score (nSPS) is 17.8. The van der Waals surface area contributed by atoms with E-state index >= 15 is 0 Å². The van der Waals surface area contributed by atoms with Crippen molar-refractivity contribution in [3.63, 3.8) is 0 Å². The highest BCUT2D eigenvalue weighted by atomic mass is 19.4. The van der Waals surface area contributed by atoms with Gasteiger partial charge in [0.05, 0.1) is 12.1 Å². The number of piperidine rings is 1. The fourth-order valence-corrected chi connectivity index (χ4v) is 2.73. The van der Waals surface area contributed by atoms with Gasteiger partial charge in [-0.05, 0) is 31.0 Å². The van der Waals surface area contributed by atoms with E-state index in [0.717, 1.165) is 12.3 Å². The molecule has 1 aromatic heterocycles. The number of carbonyl (C=O) groups is 1. The minimum absolute atomic E-state index is 0.0523. The van der Waals surface area contributed by atoms with Crippen LogP contribution in [0, 0.1) is 5.82 Å². The molecule has 0 saturated carbocycles. The predicted octanol–water partition coefficient (Wildman–Crippen LogP) is 3.32. The second-order valence-corrected chi connectivity index (χ2v) is 5.84. The number of amides is 1. The molecule has 1 fully saturated rings. The Hall–Kier alpha value is -2.71. The predicted molar refractivity (Wildman–Crippen MR) is 83.0 cm³/mol. The van der Waals surface area contributed by atoms with E-state index in [0.29, 0.717) is 19.4 Å². The molecule has 5 nitrogen and oxygen atoms in total. The third kappa shape index (κ3) is 4.09. The van der Waals surface area contributed by atoms with E-state index in [9.17, 15) is 22.4 Å². The van der Waals surface area contributed by atoms with E-state index in [1.807, 2.05) is 0 Å². The van der Waals surface area contributed by atoms with Crippen LogP contribution in [0.5, 0.6) is 6.01 Å². The molecule has 1 unspecified atom stereocenters. The maximum Gasteiger partial charge on any atom is 0.433 e. The number of carbonyl (C=O) groups excluding carboxylic acids is 1. The number of hydrogen-bond donors (Lipinski definition) is 0. The molecule has 0 bridgehead atoms. The van der Waals surface area contributed by atoms with Crippen LogP contribution in [0.3, 0.4) is 0 Å². The number of rotatable bonds is 3. The second kappa shape index (κ2) is 7.27. The van der Waals surface area contributed by atoms with Crippen molar-refractivity contribution in [2.45, 2.75) is 25.1 Å². The fraction of sp³-hybridized carbons (Fsp3) is 0.353. The zero-order valence-corrected chi connectivity index (χ0v) is 13.5. The summed E-state index contributed by atoms with van der Waals surface area (Å²) in [4.78, 5) is 20.9. The lowest BCUT2D eigenvalue weighted by Gasteiger charge is -2.32. The van der Waals surface area contributed by atoms with Crippen LogP contribution in [0.4, 0.5) is 17.6 Å². The van der Waals surface area contributed by atoms with Crippen molar-refractivity contribution in [2.24, 2.45) is 0 Å². The molecule has 0 spiro atoms. The largest absolute Gasteiger partial charge is 0.458 e. The zero-order valence-electron chi connectivity index (χ0n) is 13.5. The van der Waals surface area contributed by atoms with Crippen molar-refractivity contribution in [1.29, 1.82) is 0 Å². The van der Waals surface area contributed by atoms with E-state index in [-0.39, 0.29) is 12.1 Å². The van der Waals surface area contributed by atoms with Gasteiger partial charge in [0.1, 0.15) is 11.9 Å². The molecule has 9 heteroatoms. The van der Waals surface area contributed by atoms with Gasteiger partial charge in [0.2, 0.25) is 0 Å². The number of nitrogens with zero attached hydrogens (tertiary/aromatic N) is 3. The highest BCUT2D eigenvalue weighted by molar-refractivity contribution is 5.94. The fourth-order valence-electron chi connectivity index (χ4n) is 2.73. The first-order valence-electron chi connectivity index (χ1n) is 7.95. The van der Waals surface area contributed by atoms with Gasteiger partial charge in [-0.15, -0.1) is 0 Å². The van der Waals surface area contributed by atoms with Gasteiger partial charge in [-0.1, -0.05) is 12.1 Å². The van der Waals surface area contributed by atoms with Gasteiger partial charge in [-0.3, -0.25) is 4.79 Å². The van der Waals surface area contributed by atoms with Crippen molar-refractivity contribution in [2.75, 3.05) is 13.1 Å². The minimum Gasteiger partial charge on any atom is -0.458 e. The quantitative estimate of drug-likeness (QED) is 0.779. The Kier molecular flexibility index (Phi) is 5.06. The smallest absolute Gasteiger partial charge is 0.433 e. The summed E-state index contributed by atoms with van der Waals surface area (Å²) in [5, 5.41) is 0. The van der Waals surface area contributed by atoms with Crippen molar-refractivity contribution in [3.8, 4) is 6.01 Å². The SMILES string of the molecule is O=C(c1ccccc1F)N1CCCC(Oc2nccc(C(F)(F)F)n2)C1. The Balaban J connectivity index is 1.69. The average molecular weight is 369 g/mol. The van der Waals surface area contributed by atoms with Crippen LogP contribution < -0.4 is 4.74 Å². The summed E-state index contributed by atoms with van der Waals surface area (Å²) in [5.41, 5.74) is -1.15. The van der Waals surface area contributed by atoms with Crippen molar-refractivity contribution in [3.05, 3.63) is 53.6 Å². The van der Waals surface area contributed by atoms with E-state index in [4.69, 9.17) is 4.74 Å². The molecule has 138 valence electrons. The molecular weight excluding hydrogens is 354 g/mol. The van der Waals surface area contributed by atoms with Crippen molar-refractivity contribution >= 4 is 5.91 Å². The van der Waals surface area contributed by atoms with E-state index in [1.54, 1.807) is 6.07 Å². The number of ether oxygens (including phenoxy) is 1. The molecule has 26 heavy (non-hydrogen) atoms. The summed E-state index contributed by atoms with van der Waals surface area (Å²) in [6, 6.07) is 5.98. The highest BCUT2D eigenvalue weighted by Crippen LogP contribution is 2.28. The van der Waals surface area contributed by atoms with Gasteiger partial charge in [0.25, 0.3) is 5.91 Å².